The fourth-order valence-corrected chi connectivity index (χ4v) is 1.23. The number of anilines is 1. The highest BCUT2D eigenvalue weighted by molar-refractivity contribution is 5.97. The molecule has 1 aromatic rings. The van der Waals surface area contributed by atoms with E-state index in [1.54, 1.807) is 24.3 Å². The van der Waals surface area contributed by atoms with Crippen molar-refractivity contribution in [3.05, 3.63) is 36.0 Å². The summed E-state index contributed by atoms with van der Waals surface area (Å²) in [6.45, 7) is 3.62. The van der Waals surface area contributed by atoms with E-state index in [2.05, 4.69) is 10.6 Å². The highest BCUT2D eigenvalue weighted by atomic mass is 16.3. The molecule has 0 aliphatic rings. The minimum atomic E-state index is -0.449. The third-order valence-electron chi connectivity index (χ3n) is 2.06. The number of nitrogens with one attached hydrogen (secondary N) is 2. The summed E-state index contributed by atoms with van der Waals surface area (Å²) < 4.78 is 0. The number of nitrogens with zero attached hydrogens (tertiary/aromatic N) is 1. The molecule has 0 bridgehead atoms. The van der Waals surface area contributed by atoms with Crippen molar-refractivity contribution in [2.24, 2.45) is 0 Å². The lowest BCUT2D eigenvalue weighted by Gasteiger charge is -2.08. The Morgan fingerprint density at radius 1 is 1.44 bits per heavy atom. The first-order chi connectivity index (χ1) is 8.54. The number of benzene rings is 1. The largest absolute Gasteiger partial charge is 0.506 e. The van der Waals surface area contributed by atoms with Gasteiger partial charge in [-0.15, -0.1) is 0 Å². The number of carbonyl (C=O) groups excluding carboxylic acids is 1. The van der Waals surface area contributed by atoms with E-state index in [0.29, 0.717) is 5.69 Å². The smallest absolute Gasteiger partial charge is 0.263 e. The molecular formula is C13H15N3O2. The van der Waals surface area contributed by atoms with E-state index >= 15 is 0 Å². The quantitative estimate of drug-likeness (QED) is 0.428. The molecule has 1 rings (SSSR count). The van der Waals surface area contributed by atoms with Crippen LogP contribution in [0.5, 0.6) is 5.75 Å². The average molecular weight is 245 g/mol. The van der Waals surface area contributed by atoms with E-state index in [-0.39, 0.29) is 17.4 Å². The van der Waals surface area contributed by atoms with Crippen LogP contribution in [0, 0.1) is 11.3 Å². The Labute approximate surface area is 106 Å². The maximum Gasteiger partial charge on any atom is 0.263 e. The topological polar surface area (TPSA) is 85.2 Å². The minimum Gasteiger partial charge on any atom is -0.506 e. The first-order valence-corrected chi connectivity index (χ1v) is 5.50. The summed E-state index contributed by atoms with van der Waals surface area (Å²) in [5.41, 5.74) is 0.384. The lowest BCUT2D eigenvalue weighted by atomic mass is 10.2. The van der Waals surface area contributed by atoms with E-state index in [1.165, 1.54) is 12.3 Å². The Kier molecular flexibility index (Phi) is 4.76. The van der Waals surface area contributed by atoms with Gasteiger partial charge in [0.2, 0.25) is 0 Å². The van der Waals surface area contributed by atoms with Crippen molar-refractivity contribution in [1.29, 1.82) is 5.26 Å². The molecule has 1 amide bonds. The molecule has 0 heterocycles. The standard InChI is InChI=1S/C13H15N3O2/c1-9(2)16-13(18)10(7-14)8-15-11-5-3-4-6-12(11)17/h3-6,8-9,15,17H,1-2H3,(H,16,18)/b10-8-. The van der Waals surface area contributed by atoms with Crippen LogP contribution in [0.3, 0.4) is 0 Å². The molecule has 5 heteroatoms. The van der Waals surface area contributed by atoms with Gasteiger partial charge in [-0.3, -0.25) is 4.79 Å². The van der Waals surface area contributed by atoms with Gasteiger partial charge in [-0.1, -0.05) is 12.1 Å². The molecule has 0 fully saturated rings. The Hall–Kier alpha value is -2.48. The van der Waals surface area contributed by atoms with Crippen LogP contribution >= 0.6 is 0 Å². The van der Waals surface area contributed by atoms with Gasteiger partial charge in [0.15, 0.2) is 0 Å². The third-order valence-corrected chi connectivity index (χ3v) is 2.06. The average Bonchev–Trinajstić information content (AvgIpc) is 2.31. The van der Waals surface area contributed by atoms with Crippen molar-refractivity contribution in [2.45, 2.75) is 19.9 Å². The van der Waals surface area contributed by atoms with Gasteiger partial charge in [0.25, 0.3) is 5.91 Å². The summed E-state index contributed by atoms with van der Waals surface area (Å²) in [7, 11) is 0. The Bertz CT molecular complexity index is 501. The molecule has 0 aliphatic heterocycles. The molecule has 5 nitrogen and oxygen atoms in total. The summed E-state index contributed by atoms with van der Waals surface area (Å²) in [5, 5.41) is 23.7. The van der Waals surface area contributed by atoms with E-state index < -0.39 is 5.91 Å². The van der Waals surface area contributed by atoms with Gasteiger partial charge in [0, 0.05) is 12.2 Å². The molecule has 94 valence electrons. The number of phenols is 1. The summed E-state index contributed by atoms with van der Waals surface area (Å²) in [6.07, 6.45) is 1.27. The molecule has 0 saturated carbocycles. The van der Waals surface area contributed by atoms with Gasteiger partial charge >= 0.3 is 0 Å². The molecule has 1 aromatic carbocycles. The molecule has 0 atom stereocenters. The molecule has 0 radical (unpaired) electrons. The van der Waals surface area contributed by atoms with Crippen LogP contribution in [-0.2, 0) is 4.79 Å². The lowest BCUT2D eigenvalue weighted by Crippen LogP contribution is -2.31. The fraction of sp³-hybridized carbons (Fsp3) is 0.231. The second-order valence-electron chi connectivity index (χ2n) is 3.96. The first kappa shape index (κ1) is 13.6. The van der Waals surface area contributed by atoms with E-state index in [0.717, 1.165) is 0 Å². The van der Waals surface area contributed by atoms with E-state index in [1.807, 2.05) is 13.8 Å². The number of hydrogen-bond donors (Lipinski definition) is 3. The van der Waals surface area contributed by atoms with Crippen LogP contribution in [0.25, 0.3) is 0 Å². The molecule has 0 saturated heterocycles. The molecule has 3 N–H and O–H groups in total. The molecular weight excluding hydrogens is 230 g/mol. The van der Waals surface area contributed by atoms with Crippen LogP contribution in [0.15, 0.2) is 36.0 Å². The normalized spacial score (nSPS) is 10.9. The van der Waals surface area contributed by atoms with Crippen molar-refractivity contribution in [3.63, 3.8) is 0 Å². The number of rotatable bonds is 4. The maximum atomic E-state index is 11.6. The van der Waals surface area contributed by atoms with Gasteiger partial charge in [0.1, 0.15) is 17.4 Å². The second kappa shape index (κ2) is 6.30. The zero-order valence-electron chi connectivity index (χ0n) is 10.3. The third kappa shape index (κ3) is 3.83. The van der Waals surface area contributed by atoms with Crippen LogP contribution in [0.2, 0.25) is 0 Å². The number of carbonyl (C=O) groups is 1. The highest BCUT2D eigenvalue weighted by Crippen LogP contribution is 2.21. The van der Waals surface area contributed by atoms with Crippen molar-refractivity contribution in [1.82, 2.24) is 5.32 Å². The van der Waals surface area contributed by atoms with Crippen molar-refractivity contribution in [3.8, 4) is 11.8 Å². The van der Waals surface area contributed by atoms with Gasteiger partial charge < -0.3 is 15.7 Å². The molecule has 0 aromatic heterocycles. The lowest BCUT2D eigenvalue weighted by molar-refractivity contribution is -0.117. The Balaban J connectivity index is 2.79. The van der Waals surface area contributed by atoms with Gasteiger partial charge in [-0.25, -0.2) is 0 Å². The van der Waals surface area contributed by atoms with Crippen molar-refractivity contribution < 1.29 is 9.90 Å². The fourth-order valence-electron chi connectivity index (χ4n) is 1.23. The summed E-state index contributed by atoms with van der Waals surface area (Å²) in [4.78, 5) is 11.6. The number of hydrogen-bond acceptors (Lipinski definition) is 4. The zero-order chi connectivity index (χ0) is 13.5. The summed E-state index contributed by atoms with van der Waals surface area (Å²) >= 11 is 0. The first-order valence-electron chi connectivity index (χ1n) is 5.50. The van der Waals surface area contributed by atoms with Crippen LogP contribution in [0.1, 0.15) is 13.8 Å². The van der Waals surface area contributed by atoms with Gasteiger partial charge in [-0.2, -0.15) is 5.26 Å². The van der Waals surface area contributed by atoms with E-state index in [9.17, 15) is 9.90 Å². The number of aromatic hydroxyl groups is 1. The minimum absolute atomic E-state index is 0.0422. The number of nitriles is 1. The number of para-hydroxylation sites is 2. The maximum absolute atomic E-state index is 11.6. The van der Waals surface area contributed by atoms with Crippen LogP contribution in [-0.4, -0.2) is 17.1 Å². The Morgan fingerprint density at radius 3 is 2.67 bits per heavy atom. The van der Waals surface area contributed by atoms with Crippen LogP contribution in [0.4, 0.5) is 5.69 Å². The Morgan fingerprint density at radius 2 is 2.11 bits per heavy atom. The monoisotopic (exact) mass is 245 g/mol. The van der Waals surface area contributed by atoms with Crippen LogP contribution < -0.4 is 10.6 Å². The molecule has 0 aliphatic carbocycles. The summed E-state index contributed by atoms with van der Waals surface area (Å²) in [6, 6.07) is 8.32. The number of amides is 1. The van der Waals surface area contributed by atoms with Crippen molar-refractivity contribution in [2.75, 3.05) is 5.32 Å². The van der Waals surface area contributed by atoms with Gasteiger partial charge in [-0.05, 0) is 26.0 Å². The SMILES string of the molecule is CC(C)NC(=O)/C(C#N)=C\Nc1ccccc1O. The van der Waals surface area contributed by atoms with Crippen molar-refractivity contribution >= 4 is 11.6 Å². The number of phenolic OH excluding ortho intramolecular Hbond substituents is 1. The second-order valence-corrected chi connectivity index (χ2v) is 3.96. The zero-order valence-corrected chi connectivity index (χ0v) is 10.3. The molecule has 0 spiro atoms. The van der Waals surface area contributed by atoms with E-state index in [4.69, 9.17) is 5.26 Å². The molecule has 0 unspecified atom stereocenters. The van der Waals surface area contributed by atoms with Gasteiger partial charge in [0.05, 0.1) is 5.69 Å². The molecule has 18 heavy (non-hydrogen) atoms. The summed E-state index contributed by atoms with van der Waals surface area (Å²) in [5.74, 6) is -0.397. The predicted octanol–water partition coefficient (Wildman–Crippen LogP) is 1.74. The predicted molar refractivity (Wildman–Crippen MR) is 68.7 cm³/mol. The highest BCUT2D eigenvalue weighted by Gasteiger charge is 2.09.